The number of halogens is 3. The molecular formula is C15H18ClF2NO. The third-order valence-corrected chi connectivity index (χ3v) is 4.16. The van der Waals surface area contributed by atoms with E-state index < -0.39 is 17.5 Å². The van der Waals surface area contributed by atoms with E-state index in [1.54, 1.807) is 0 Å². The van der Waals surface area contributed by atoms with Gasteiger partial charge in [0.05, 0.1) is 5.56 Å². The number of hydrogen-bond donors (Lipinski definition) is 1. The monoisotopic (exact) mass is 301 g/mol. The van der Waals surface area contributed by atoms with Crippen LogP contribution in [0.5, 0.6) is 0 Å². The van der Waals surface area contributed by atoms with Gasteiger partial charge >= 0.3 is 0 Å². The van der Waals surface area contributed by atoms with E-state index in [-0.39, 0.29) is 16.5 Å². The molecule has 20 heavy (non-hydrogen) atoms. The van der Waals surface area contributed by atoms with Crippen molar-refractivity contribution in [2.24, 2.45) is 5.92 Å². The lowest BCUT2D eigenvalue weighted by Gasteiger charge is -2.25. The van der Waals surface area contributed by atoms with E-state index in [2.05, 4.69) is 5.32 Å². The Labute approximate surface area is 122 Å². The van der Waals surface area contributed by atoms with Crippen LogP contribution in [0, 0.1) is 24.5 Å². The van der Waals surface area contributed by atoms with Crippen LogP contribution < -0.4 is 5.32 Å². The van der Waals surface area contributed by atoms with Gasteiger partial charge in [0.15, 0.2) is 0 Å². The number of hydrogen-bond acceptors (Lipinski definition) is 1. The molecule has 0 spiro atoms. The van der Waals surface area contributed by atoms with Gasteiger partial charge in [-0.3, -0.25) is 4.79 Å². The summed E-state index contributed by atoms with van der Waals surface area (Å²) in [5.74, 6) is -1.64. The van der Waals surface area contributed by atoms with Gasteiger partial charge in [-0.25, -0.2) is 8.78 Å². The Kier molecular flexibility index (Phi) is 4.97. The Morgan fingerprint density at radius 2 is 2.10 bits per heavy atom. The Hall–Kier alpha value is -1.16. The summed E-state index contributed by atoms with van der Waals surface area (Å²) in [7, 11) is 0. The van der Waals surface area contributed by atoms with Crippen molar-refractivity contribution in [3.05, 3.63) is 34.9 Å². The van der Waals surface area contributed by atoms with Crippen LogP contribution in [0.25, 0.3) is 0 Å². The van der Waals surface area contributed by atoms with Crippen LogP contribution in [0.1, 0.15) is 41.6 Å². The van der Waals surface area contributed by atoms with E-state index in [1.165, 1.54) is 13.0 Å². The van der Waals surface area contributed by atoms with Crippen molar-refractivity contribution in [2.45, 2.75) is 38.0 Å². The highest BCUT2D eigenvalue weighted by atomic mass is 35.5. The minimum atomic E-state index is -0.829. The number of nitrogens with one attached hydrogen (secondary N) is 1. The summed E-state index contributed by atoms with van der Waals surface area (Å²) in [5, 5.41) is 2.88. The molecule has 0 saturated heterocycles. The summed E-state index contributed by atoms with van der Waals surface area (Å²) in [6.07, 6.45) is 3.96. The second kappa shape index (κ2) is 6.53. The third kappa shape index (κ3) is 3.69. The zero-order chi connectivity index (χ0) is 14.7. The molecule has 1 amide bonds. The summed E-state index contributed by atoms with van der Waals surface area (Å²) in [6, 6.07) is 1.99. The Morgan fingerprint density at radius 1 is 1.35 bits per heavy atom. The molecule has 2 unspecified atom stereocenters. The molecule has 2 atom stereocenters. The fourth-order valence-electron chi connectivity index (χ4n) is 2.57. The third-order valence-electron chi connectivity index (χ3n) is 3.76. The van der Waals surface area contributed by atoms with Crippen molar-refractivity contribution in [3.8, 4) is 0 Å². The molecule has 1 saturated carbocycles. The summed E-state index contributed by atoms with van der Waals surface area (Å²) in [5.41, 5.74) is 0.150. The first-order valence-corrected chi connectivity index (χ1v) is 7.29. The first kappa shape index (κ1) is 15.2. The second-order valence-electron chi connectivity index (χ2n) is 5.42. The second-order valence-corrected chi connectivity index (χ2v) is 6.04. The molecule has 0 bridgehead atoms. The average Bonchev–Trinajstić information content (AvgIpc) is 2.40. The number of aryl methyl sites for hydroxylation is 1. The summed E-state index contributed by atoms with van der Waals surface area (Å²) >= 11 is 6.09. The number of rotatable bonds is 3. The van der Waals surface area contributed by atoms with Crippen LogP contribution in [0.4, 0.5) is 8.78 Å². The van der Waals surface area contributed by atoms with Gasteiger partial charge in [0.25, 0.3) is 5.91 Å². The van der Waals surface area contributed by atoms with Crippen molar-refractivity contribution in [2.75, 3.05) is 6.54 Å². The number of carbonyl (C=O) groups is 1. The quantitative estimate of drug-likeness (QED) is 0.845. The van der Waals surface area contributed by atoms with Gasteiger partial charge in [-0.15, -0.1) is 11.6 Å². The maximum Gasteiger partial charge on any atom is 0.254 e. The zero-order valence-corrected chi connectivity index (χ0v) is 12.1. The molecular weight excluding hydrogens is 284 g/mol. The summed E-state index contributed by atoms with van der Waals surface area (Å²) < 4.78 is 26.7. The Balaban J connectivity index is 1.96. The molecule has 0 aliphatic heterocycles. The van der Waals surface area contributed by atoms with E-state index in [9.17, 15) is 13.6 Å². The van der Waals surface area contributed by atoms with Crippen LogP contribution in [-0.2, 0) is 0 Å². The van der Waals surface area contributed by atoms with Gasteiger partial charge in [0, 0.05) is 18.0 Å². The summed E-state index contributed by atoms with van der Waals surface area (Å²) in [4.78, 5) is 11.9. The van der Waals surface area contributed by atoms with Crippen molar-refractivity contribution in [1.82, 2.24) is 5.32 Å². The molecule has 0 aromatic heterocycles. The fourth-order valence-corrected chi connectivity index (χ4v) is 2.98. The number of alkyl halides is 1. The van der Waals surface area contributed by atoms with E-state index in [4.69, 9.17) is 11.6 Å². The minimum absolute atomic E-state index is 0.109. The molecule has 1 aliphatic carbocycles. The van der Waals surface area contributed by atoms with Crippen molar-refractivity contribution in [1.29, 1.82) is 0 Å². The molecule has 1 aromatic carbocycles. The minimum Gasteiger partial charge on any atom is -0.352 e. The maximum absolute atomic E-state index is 13.6. The molecule has 0 heterocycles. The van der Waals surface area contributed by atoms with Gasteiger partial charge in [-0.2, -0.15) is 0 Å². The smallest absolute Gasteiger partial charge is 0.254 e. The number of amides is 1. The average molecular weight is 302 g/mol. The SMILES string of the molecule is Cc1cc(C(=O)NCC2CCCC(Cl)C2)c(F)cc1F. The van der Waals surface area contributed by atoms with Gasteiger partial charge < -0.3 is 5.32 Å². The van der Waals surface area contributed by atoms with E-state index in [0.717, 1.165) is 31.7 Å². The molecule has 5 heteroatoms. The fraction of sp³-hybridized carbons (Fsp3) is 0.533. The van der Waals surface area contributed by atoms with Gasteiger partial charge in [0.1, 0.15) is 11.6 Å². The Bertz CT molecular complexity index is 507. The number of carbonyl (C=O) groups excluding carboxylic acids is 1. The molecule has 1 aromatic rings. The molecule has 0 radical (unpaired) electrons. The van der Waals surface area contributed by atoms with Crippen LogP contribution in [0.3, 0.4) is 0 Å². The molecule has 1 fully saturated rings. The lowest BCUT2D eigenvalue weighted by molar-refractivity contribution is 0.0939. The standard InChI is InChI=1S/C15H18ClF2NO/c1-9-5-12(14(18)7-13(9)17)15(20)19-8-10-3-2-4-11(16)6-10/h5,7,10-11H,2-4,6,8H2,1H3,(H,19,20). The number of benzene rings is 1. The van der Waals surface area contributed by atoms with Crippen LogP contribution in [0.2, 0.25) is 0 Å². The predicted octanol–water partition coefficient (Wildman–Crippen LogP) is 3.80. The highest BCUT2D eigenvalue weighted by Crippen LogP contribution is 2.27. The Morgan fingerprint density at radius 3 is 2.80 bits per heavy atom. The van der Waals surface area contributed by atoms with Crippen molar-refractivity contribution >= 4 is 17.5 Å². The normalized spacial score (nSPS) is 22.6. The first-order chi connectivity index (χ1) is 9.47. The lowest BCUT2D eigenvalue weighted by Crippen LogP contribution is -2.32. The van der Waals surface area contributed by atoms with E-state index in [1.807, 2.05) is 0 Å². The van der Waals surface area contributed by atoms with Crippen molar-refractivity contribution in [3.63, 3.8) is 0 Å². The van der Waals surface area contributed by atoms with Gasteiger partial charge in [-0.1, -0.05) is 6.42 Å². The maximum atomic E-state index is 13.6. The summed E-state index contributed by atoms with van der Waals surface area (Å²) in [6.45, 7) is 1.99. The van der Waals surface area contributed by atoms with Crippen molar-refractivity contribution < 1.29 is 13.6 Å². The van der Waals surface area contributed by atoms with Crippen LogP contribution >= 0.6 is 11.6 Å². The first-order valence-electron chi connectivity index (χ1n) is 6.85. The molecule has 2 rings (SSSR count). The molecule has 110 valence electrons. The van der Waals surface area contributed by atoms with E-state index >= 15 is 0 Å². The molecule has 1 N–H and O–H groups in total. The molecule has 1 aliphatic rings. The highest BCUT2D eigenvalue weighted by molar-refractivity contribution is 6.20. The highest BCUT2D eigenvalue weighted by Gasteiger charge is 2.21. The van der Waals surface area contributed by atoms with Crippen LogP contribution in [-0.4, -0.2) is 17.8 Å². The van der Waals surface area contributed by atoms with Gasteiger partial charge in [-0.05, 0) is 43.7 Å². The van der Waals surface area contributed by atoms with Crippen LogP contribution in [0.15, 0.2) is 12.1 Å². The predicted molar refractivity (Wildman–Crippen MR) is 75.0 cm³/mol. The topological polar surface area (TPSA) is 29.1 Å². The largest absolute Gasteiger partial charge is 0.352 e. The van der Waals surface area contributed by atoms with E-state index in [0.29, 0.717) is 12.5 Å². The molecule has 2 nitrogen and oxygen atoms in total. The zero-order valence-electron chi connectivity index (χ0n) is 11.4. The van der Waals surface area contributed by atoms with Gasteiger partial charge in [0.2, 0.25) is 0 Å². The lowest BCUT2D eigenvalue weighted by atomic mass is 9.89.